The third kappa shape index (κ3) is 15.0. The van der Waals surface area contributed by atoms with Crippen LogP contribution in [-0.4, -0.2) is 85.5 Å². The molecule has 4 amide bonds. The average Bonchev–Trinajstić information content (AvgIpc) is 4.08. The topological polar surface area (TPSA) is 233 Å². The highest BCUT2D eigenvalue weighted by molar-refractivity contribution is 6.11. The Balaban J connectivity index is 1.61. The second kappa shape index (κ2) is 22.9. The van der Waals surface area contributed by atoms with Gasteiger partial charge in [-0.3, -0.25) is 20.3 Å². The second-order valence-corrected chi connectivity index (χ2v) is 16.2. The van der Waals surface area contributed by atoms with Gasteiger partial charge < -0.3 is 39.6 Å². The largest absolute Gasteiger partial charge is 0.496 e. The first-order valence-electron chi connectivity index (χ1n) is 20.9. The molecule has 1 fully saturated rings. The molecule has 1 atom stereocenters. The van der Waals surface area contributed by atoms with Gasteiger partial charge in [0.25, 0.3) is 11.8 Å². The summed E-state index contributed by atoms with van der Waals surface area (Å²) >= 11 is 0. The molecular formula is C46H58N6O11. The average molecular weight is 871 g/mol. The van der Waals surface area contributed by atoms with Crippen molar-refractivity contribution in [1.82, 2.24) is 20.9 Å². The van der Waals surface area contributed by atoms with Gasteiger partial charge in [0.2, 0.25) is 6.79 Å². The Morgan fingerprint density at radius 1 is 0.905 bits per heavy atom. The standard InChI is InChI=1S/C46H58N6O11/c1-9-11-12-13-22-60-44(57)52-39(47)30-16-18-31(19-17-30)49-40(53)34-23-29(10-2)36(59-8)24-33(34)32-20-21-35(41(54)48-25-28-14-15-28)50-38(32)43(56)62-26-61-42(55)37(27(3)4)51-45(58)63-46(5,6)7/h10,16-21,23-24,27-28,37H,2,9,11-15,22,25-26H2,1,3-8H3,(H,48,54)(H,49,53)(H,51,58)(H2,47,52,57)/t37-/m0/s1. The van der Waals surface area contributed by atoms with Gasteiger partial charge in [-0.2, -0.15) is 0 Å². The number of carbonyl (C=O) groups excluding carboxylic acids is 6. The summed E-state index contributed by atoms with van der Waals surface area (Å²) in [6.45, 7) is 14.1. The van der Waals surface area contributed by atoms with Crippen molar-refractivity contribution >= 4 is 53.5 Å². The molecule has 1 aliphatic rings. The predicted octanol–water partition coefficient (Wildman–Crippen LogP) is 7.63. The fraction of sp³-hybridized carbons (Fsp3) is 0.435. The summed E-state index contributed by atoms with van der Waals surface area (Å²) in [4.78, 5) is 83.3. The fourth-order valence-corrected chi connectivity index (χ4v) is 6.01. The first-order valence-corrected chi connectivity index (χ1v) is 20.9. The minimum Gasteiger partial charge on any atom is -0.496 e. The Morgan fingerprint density at radius 3 is 2.24 bits per heavy atom. The number of hydrogen-bond acceptors (Lipinski definition) is 13. The van der Waals surface area contributed by atoms with Gasteiger partial charge in [-0.15, -0.1) is 0 Å². The van der Waals surface area contributed by atoms with E-state index in [2.05, 4.69) is 39.8 Å². The molecule has 0 aliphatic heterocycles. The lowest BCUT2D eigenvalue weighted by molar-refractivity contribution is -0.156. The van der Waals surface area contributed by atoms with Crippen LogP contribution in [0.1, 0.15) is 123 Å². The van der Waals surface area contributed by atoms with Crippen LogP contribution >= 0.6 is 0 Å². The molecule has 3 aromatic rings. The van der Waals surface area contributed by atoms with E-state index in [1.54, 1.807) is 58.9 Å². The lowest BCUT2D eigenvalue weighted by Crippen LogP contribution is -2.47. The highest BCUT2D eigenvalue weighted by Gasteiger charge is 2.30. The van der Waals surface area contributed by atoms with E-state index in [-0.39, 0.29) is 40.5 Å². The maximum absolute atomic E-state index is 14.1. The molecule has 0 unspecified atom stereocenters. The van der Waals surface area contributed by atoms with Crippen molar-refractivity contribution in [2.24, 2.45) is 11.8 Å². The number of ether oxygens (including phenoxy) is 5. The van der Waals surface area contributed by atoms with Gasteiger partial charge in [-0.1, -0.05) is 52.7 Å². The molecule has 1 saturated carbocycles. The highest BCUT2D eigenvalue weighted by atomic mass is 16.7. The molecule has 4 rings (SSSR count). The number of hydrogen-bond donors (Lipinski definition) is 5. The predicted molar refractivity (Wildman–Crippen MR) is 236 cm³/mol. The lowest BCUT2D eigenvalue weighted by atomic mass is 9.94. The van der Waals surface area contributed by atoms with E-state index in [1.165, 1.54) is 37.5 Å². The van der Waals surface area contributed by atoms with Crippen molar-refractivity contribution in [1.29, 1.82) is 5.41 Å². The Bertz CT molecular complexity index is 2160. The number of rotatable bonds is 20. The molecular weight excluding hydrogens is 813 g/mol. The van der Waals surface area contributed by atoms with Crippen LogP contribution in [-0.2, 0) is 23.7 Å². The minimum atomic E-state index is -1.14. The molecule has 0 spiro atoms. The molecule has 1 heterocycles. The number of benzene rings is 2. The maximum atomic E-state index is 14.1. The van der Waals surface area contributed by atoms with Gasteiger partial charge in [-0.25, -0.2) is 24.2 Å². The first-order chi connectivity index (χ1) is 29.9. The van der Waals surface area contributed by atoms with Crippen LogP contribution < -0.4 is 26.0 Å². The second-order valence-electron chi connectivity index (χ2n) is 16.2. The SMILES string of the molecule is C=Cc1cc(C(=O)Nc2ccc(C(=N)NC(=O)OCCCCCC)cc2)c(-c2ccc(C(=O)NCC3CC3)nc2C(=O)OCOC(=O)[C@@H](NC(=O)OC(C)(C)C)C(C)C)cc1OC. The summed E-state index contributed by atoms with van der Waals surface area (Å²) in [7, 11) is 1.42. The summed E-state index contributed by atoms with van der Waals surface area (Å²) in [5, 5.41) is 18.8. The summed E-state index contributed by atoms with van der Waals surface area (Å²) < 4.78 is 26.7. The molecule has 338 valence electrons. The zero-order valence-electron chi connectivity index (χ0n) is 36.9. The number of amides is 4. The third-order valence-electron chi connectivity index (χ3n) is 9.57. The fourth-order valence-electron chi connectivity index (χ4n) is 6.01. The molecule has 0 radical (unpaired) electrons. The normalized spacial score (nSPS) is 12.6. The monoisotopic (exact) mass is 870 g/mol. The number of nitrogens with zero attached hydrogens (tertiary/aromatic N) is 1. The number of amidine groups is 1. The molecule has 2 aromatic carbocycles. The molecule has 5 N–H and O–H groups in total. The van der Waals surface area contributed by atoms with Gasteiger partial charge in [-0.05, 0) is 100 Å². The highest BCUT2D eigenvalue weighted by Crippen LogP contribution is 2.35. The summed E-state index contributed by atoms with van der Waals surface area (Å²) in [5.74, 6) is -3.12. The number of alkyl carbamates (subject to hydrolysis) is 2. The number of esters is 2. The van der Waals surface area contributed by atoms with Crippen LogP contribution in [0.4, 0.5) is 15.3 Å². The quantitative estimate of drug-likeness (QED) is 0.0184. The van der Waals surface area contributed by atoms with E-state index in [9.17, 15) is 28.8 Å². The molecule has 0 bridgehead atoms. The lowest BCUT2D eigenvalue weighted by Gasteiger charge is -2.24. The van der Waals surface area contributed by atoms with E-state index >= 15 is 0 Å². The minimum absolute atomic E-state index is 0.0482. The summed E-state index contributed by atoms with van der Waals surface area (Å²) in [6.07, 6.45) is 5.64. The number of pyridine rings is 1. The van der Waals surface area contributed by atoms with Crippen molar-refractivity contribution in [2.45, 2.75) is 91.7 Å². The van der Waals surface area contributed by atoms with E-state index < -0.39 is 60.3 Å². The Kier molecular flexibility index (Phi) is 17.8. The molecule has 63 heavy (non-hydrogen) atoms. The van der Waals surface area contributed by atoms with Gasteiger partial charge >= 0.3 is 24.1 Å². The summed E-state index contributed by atoms with van der Waals surface area (Å²) in [5.41, 5.74) is 0.106. The first kappa shape index (κ1) is 48.9. The zero-order chi connectivity index (χ0) is 46.3. The number of aromatic nitrogens is 1. The van der Waals surface area contributed by atoms with E-state index in [4.69, 9.17) is 29.1 Å². The molecule has 17 heteroatoms. The van der Waals surface area contributed by atoms with Crippen molar-refractivity contribution < 1.29 is 52.5 Å². The van der Waals surface area contributed by atoms with Crippen molar-refractivity contribution in [3.05, 3.63) is 83.2 Å². The Morgan fingerprint density at radius 2 is 1.62 bits per heavy atom. The van der Waals surface area contributed by atoms with Crippen LogP contribution in [0.2, 0.25) is 0 Å². The van der Waals surface area contributed by atoms with E-state index in [0.29, 0.717) is 35.0 Å². The Labute approximate surface area is 367 Å². The zero-order valence-corrected chi connectivity index (χ0v) is 36.9. The molecule has 17 nitrogen and oxygen atoms in total. The number of anilines is 1. The number of unbranched alkanes of at least 4 members (excludes halogenated alkanes) is 3. The number of methoxy groups -OCH3 is 1. The van der Waals surface area contributed by atoms with Crippen molar-refractivity contribution in [2.75, 3.05) is 32.4 Å². The van der Waals surface area contributed by atoms with Gasteiger partial charge in [0.05, 0.1) is 13.7 Å². The van der Waals surface area contributed by atoms with Crippen LogP contribution in [0.5, 0.6) is 5.75 Å². The third-order valence-corrected chi connectivity index (χ3v) is 9.57. The van der Waals surface area contributed by atoms with Gasteiger partial charge in [0.15, 0.2) is 5.69 Å². The van der Waals surface area contributed by atoms with E-state index in [0.717, 1.165) is 38.5 Å². The Hall–Kier alpha value is -6.78. The number of carbonyl (C=O) groups is 6. The van der Waals surface area contributed by atoms with Crippen LogP contribution in [0.25, 0.3) is 17.2 Å². The van der Waals surface area contributed by atoms with Gasteiger partial charge in [0, 0.05) is 40.0 Å². The van der Waals surface area contributed by atoms with Gasteiger partial charge in [0.1, 0.15) is 28.9 Å². The van der Waals surface area contributed by atoms with E-state index in [1.807, 2.05) is 0 Å². The van der Waals surface area contributed by atoms with Crippen LogP contribution in [0.3, 0.4) is 0 Å². The van der Waals surface area contributed by atoms with Crippen LogP contribution in [0, 0.1) is 17.2 Å². The maximum Gasteiger partial charge on any atom is 0.412 e. The molecule has 0 saturated heterocycles. The molecule has 1 aromatic heterocycles. The van der Waals surface area contributed by atoms with Crippen molar-refractivity contribution in [3.63, 3.8) is 0 Å². The van der Waals surface area contributed by atoms with Crippen LogP contribution in [0.15, 0.2) is 55.1 Å². The van der Waals surface area contributed by atoms with Crippen molar-refractivity contribution in [3.8, 4) is 16.9 Å². The molecule has 1 aliphatic carbocycles. The smallest absolute Gasteiger partial charge is 0.412 e. The number of nitrogens with one attached hydrogen (secondary N) is 5. The summed E-state index contributed by atoms with van der Waals surface area (Å²) in [6, 6.07) is 10.9.